The van der Waals surface area contributed by atoms with Crippen LogP contribution in [0.5, 0.6) is 5.75 Å². The number of nitrogens with one attached hydrogen (secondary N) is 1. The lowest BCUT2D eigenvalue weighted by molar-refractivity contribution is 0.199. The Morgan fingerprint density at radius 2 is 2.04 bits per heavy atom. The Kier molecular flexibility index (Phi) is 4.14. The van der Waals surface area contributed by atoms with Crippen LogP contribution in [0.1, 0.15) is 5.56 Å². The Morgan fingerprint density at radius 3 is 2.78 bits per heavy atom. The van der Waals surface area contributed by atoms with Gasteiger partial charge in [-0.2, -0.15) is 0 Å². The molecule has 0 fully saturated rings. The molecule has 0 saturated carbocycles. The molecule has 0 spiro atoms. The van der Waals surface area contributed by atoms with Crippen LogP contribution in [0.3, 0.4) is 0 Å². The van der Waals surface area contributed by atoms with Crippen molar-refractivity contribution in [2.75, 3.05) is 18.1 Å². The van der Waals surface area contributed by atoms with E-state index in [4.69, 9.17) is 4.74 Å². The molecule has 0 bridgehead atoms. The lowest BCUT2D eigenvalue weighted by Gasteiger charge is -2.16. The minimum atomic E-state index is -1.07. The average molecular weight is 311 g/mol. The molecule has 2 aromatic carbocycles. The number of carboxylic acid groups (broad SMARTS) is 1. The van der Waals surface area contributed by atoms with E-state index in [2.05, 4.69) is 9.97 Å². The molecule has 3 rings (SSSR count). The summed E-state index contributed by atoms with van der Waals surface area (Å²) >= 11 is 0. The number of imidazole rings is 1. The van der Waals surface area contributed by atoms with Crippen LogP contribution >= 0.6 is 0 Å². The van der Waals surface area contributed by atoms with Gasteiger partial charge >= 0.3 is 6.09 Å². The lowest BCUT2D eigenvalue weighted by Crippen LogP contribution is -2.34. The van der Waals surface area contributed by atoms with Crippen molar-refractivity contribution in [1.29, 1.82) is 0 Å². The van der Waals surface area contributed by atoms with Gasteiger partial charge in [0.1, 0.15) is 12.4 Å². The summed E-state index contributed by atoms with van der Waals surface area (Å²) in [5.74, 6) is 1.01. The summed E-state index contributed by atoms with van der Waals surface area (Å²) in [6.45, 7) is 2.40. The van der Waals surface area contributed by atoms with Crippen molar-refractivity contribution >= 4 is 23.1 Å². The number of carbonyl (C=O) groups is 1. The number of para-hydroxylation sites is 1. The second kappa shape index (κ2) is 6.39. The van der Waals surface area contributed by atoms with Gasteiger partial charge in [-0.3, -0.25) is 0 Å². The number of benzene rings is 2. The van der Waals surface area contributed by atoms with Crippen LogP contribution in [0, 0.1) is 6.92 Å². The van der Waals surface area contributed by atoms with Gasteiger partial charge in [0.2, 0.25) is 5.95 Å². The highest BCUT2D eigenvalue weighted by Gasteiger charge is 2.18. The first-order valence-corrected chi connectivity index (χ1v) is 7.28. The lowest BCUT2D eigenvalue weighted by atomic mass is 10.2. The molecule has 0 unspecified atom stereocenters. The van der Waals surface area contributed by atoms with Gasteiger partial charge in [-0.05, 0) is 36.8 Å². The molecule has 0 radical (unpaired) electrons. The second-order valence-electron chi connectivity index (χ2n) is 5.18. The molecule has 0 aliphatic heterocycles. The third-order valence-corrected chi connectivity index (χ3v) is 3.44. The number of fused-ring (bicyclic) bond motifs is 1. The Labute approximate surface area is 133 Å². The first-order valence-electron chi connectivity index (χ1n) is 7.28. The molecule has 6 heteroatoms. The smallest absolute Gasteiger partial charge is 0.414 e. The van der Waals surface area contributed by atoms with Crippen LogP contribution < -0.4 is 9.64 Å². The van der Waals surface area contributed by atoms with Crippen molar-refractivity contribution in [3.8, 4) is 5.75 Å². The molecule has 0 aliphatic carbocycles. The quantitative estimate of drug-likeness (QED) is 0.756. The van der Waals surface area contributed by atoms with E-state index >= 15 is 0 Å². The van der Waals surface area contributed by atoms with E-state index in [0.29, 0.717) is 11.7 Å². The number of aromatic nitrogens is 2. The number of anilines is 1. The Balaban J connectivity index is 1.73. The predicted molar refractivity (Wildman–Crippen MR) is 88.1 cm³/mol. The molecule has 1 aromatic heterocycles. The molecule has 0 aliphatic rings. The maximum Gasteiger partial charge on any atom is 0.414 e. The van der Waals surface area contributed by atoms with Gasteiger partial charge in [0.25, 0.3) is 0 Å². The maximum absolute atomic E-state index is 11.5. The summed E-state index contributed by atoms with van der Waals surface area (Å²) in [5.41, 5.74) is 2.64. The van der Waals surface area contributed by atoms with E-state index in [1.54, 1.807) is 0 Å². The summed E-state index contributed by atoms with van der Waals surface area (Å²) < 4.78 is 5.55. The fourth-order valence-electron chi connectivity index (χ4n) is 2.30. The zero-order valence-electron chi connectivity index (χ0n) is 12.7. The number of aromatic amines is 1. The third kappa shape index (κ3) is 3.42. The number of amides is 1. The monoisotopic (exact) mass is 311 g/mol. The van der Waals surface area contributed by atoms with Crippen LogP contribution in [0.15, 0.2) is 48.5 Å². The molecule has 118 valence electrons. The molecule has 1 amide bonds. The number of ether oxygens (including phenoxy) is 1. The maximum atomic E-state index is 11.5. The Bertz CT molecular complexity index is 814. The highest BCUT2D eigenvalue weighted by atomic mass is 16.5. The zero-order valence-corrected chi connectivity index (χ0v) is 12.7. The average Bonchev–Trinajstić information content (AvgIpc) is 2.94. The largest absolute Gasteiger partial charge is 0.492 e. The van der Waals surface area contributed by atoms with Crippen molar-refractivity contribution in [3.63, 3.8) is 0 Å². The van der Waals surface area contributed by atoms with Gasteiger partial charge in [-0.15, -0.1) is 0 Å². The first-order chi connectivity index (χ1) is 11.1. The number of H-pyrrole nitrogens is 1. The minimum Gasteiger partial charge on any atom is -0.492 e. The zero-order chi connectivity index (χ0) is 16.2. The highest BCUT2D eigenvalue weighted by Crippen LogP contribution is 2.19. The number of nitrogens with zero attached hydrogens (tertiary/aromatic N) is 2. The Hall–Kier alpha value is -3.02. The molecule has 2 N–H and O–H groups in total. The number of aryl methyl sites for hydroxylation is 1. The van der Waals surface area contributed by atoms with E-state index in [0.717, 1.165) is 21.5 Å². The molecule has 3 aromatic rings. The summed E-state index contributed by atoms with van der Waals surface area (Å²) in [7, 11) is 0. The fourth-order valence-corrected chi connectivity index (χ4v) is 2.30. The number of rotatable bonds is 5. The fraction of sp³-hybridized carbons (Fsp3) is 0.176. The van der Waals surface area contributed by atoms with Crippen LogP contribution in [-0.4, -0.2) is 34.3 Å². The van der Waals surface area contributed by atoms with Crippen LogP contribution in [0.2, 0.25) is 0 Å². The van der Waals surface area contributed by atoms with E-state index in [1.807, 2.05) is 55.5 Å². The SMILES string of the molecule is Cc1ccc2nc(N(CCOc3ccccc3)C(=O)O)[nH]c2c1. The molecule has 1 heterocycles. The van der Waals surface area contributed by atoms with E-state index in [9.17, 15) is 9.90 Å². The molecule has 0 atom stereocenters. The van der Waals surface area contributed by atoms with Crippen molar-refractivity contribution in [3.05, 3.63) is 54.1 Å². The molecule has 23 heavy (non-hydrogen) atoms. The van der Waals surface area contributed by atoms with E-state index in [1.165, 1.54) is 0 Å². The van der Waals surface area contributed by atoms with Crippen LogP contribution in [0.4, 0.5) is 10.7 Å². The van der Waals surface area contributed by atoms with Gasteiger partial charge in [0, 0.05) is 0 Å². The standard InChI is InChI=1S/C17H17N3O3/c1-12-7-8-14-15(11-12)19-16(18-14)20(17(21)22)9-10-23-13-5-3-2-4-6-13/h2-8,11H,9-10H2,1H3,(H,18,19)(H,21,22). The van der Waals surface area contributed by atoms with Crippen molar-refractivity contribution in [2.24, 2.45) is 0 Å². The van der Waals surface area contributed by atoms with Crippen molar-refractivity contribution in [1.82, 2.24) is 9.97 Å². The van der Waals surface area contributed by atoms with Gasteiger partial charge in [0.15, 0.2) is 0 Å². The first kappa shape index (κ1) is 14.9. The molecular formula is C17H17N3O3. The van der Waals surface area contributed by atoms with Gasteiger partial charge in [-0.25, -0.2) is 14.7 Å². The summed E-state index contributed by atoms with van der Waals surface area (Å²) in [5, 5.41) is 9.41. The van der Waals surface area contributed by atoms with Gasteiger partial charge in [-0.1, -0.05) is 24.3 Å². The van der Waals surface area contributed by atoms with Crippen LogP contribution in [-0.2, 0) is 0 Å². The highest BCUT2D eigenvalue weighted by molar-refractivity contribution is 5.87. The van der Waals surface area contributed by atoms with Crippen LogP contribution in [0.25, 0.3) is 11.0 Å². The van der Waals surface area contributed by atoms with E-state index in [-0.39, 0.29) is 13.2 Å². The number of hydrogen-bond acceptors (Lipinski definition) is 3. The molecular weight excluding hydrogens is 294 g/mol. The van der Waals surface area contributed by atoms with E-state index < -0.39 is 6.09 Å². The third-order valence-electron chi connectivity index (χ3n) is 3.44. The topological polar surface area (TPSA) is 78.5 Å². The van der Waals surface area contributed by atoms with Gasteiger partial charge in [0.05, 0.1) is 17.6 Å². The normalized spacial score (nSPS) is 10.7. The molecule has 6 nitrogen and oxygen atoms in total. The second-order valence-corrected chi connectivity index (χ2v) is 5.18. The summed E-state index contributed by atoms with van der Waals surface area (Å²) in [6.07, 6.45) is -1.07. The number of hydrogen-bond donors (Lipinski definition) is 2. The van der Waals surface area contributed by atoms with Gasteiger partial charge < -0.3 is 14.8 Å². The van der Waals surface area contributed by atoms with Crippen molar-refractivity contribution in [2.45, 2.75) is 6.92 Å². The minimum absolute atomic E-state index is 0.184. The summed E-state index contributed by atoms with van der Waals surface area (Å²) in [6, 6.07) is 15.0. The molecule has 0 saturated heterocycles. The predicted octanol–water partition coefficient (Wildman–Crippen LogP) is 3.43. The Morgan fingerprint density at radius 1 is 1.26 bits per heavy atom. The van der Waals surface area contributed by atoms with Crippen molar-refractivity contribution < 1.29 is 14.6 Å². The summed E-state index contributed by atoms with van der Waals surface area (Å²) in [4.78, 5) is 20.0.